The van der Waals surface area contributed by atoms with Gasteiger partial charge >= 0.3 is 11.9 Å². The van der Waals surface area contributed by atoms with Crippen LogP contribution in [0.2, 0.25) is 0 Å². The lowest BCUT2D eigenvalue weighted by Gasteiger charge is -2.18. The first-order valence-corrected chi connectivity index (χ1v) is 23.0. The summed E-state index contributed by atoms with van der Waals surface area (Å²) < 4.78 is 9.45. The molecule has 3 amide bonds. The van der Waals surface area contributed by atoms with E-state index in [0.29, 0.717) is 58.2 Å². The highest BCUT2D eigenvalue weighted by atomic mass is 32.1. The number of carbonyl (C=O) groups is 5. The first-order chi connectivity index (χ1) is 33.3. The van der Waals surface area contributed by atoms with Crippen LogP contribution in [0.3, 0.4) is 0 Å². The first-order valence-electron chi connectivity index (χ1n) is 22.1. The summed E-state index contributed by atoms with van der Waals surface area (Å²) in [4.78, 5) is 80.1. The number of ether oxygens (including phenoxy) is 2. The number of aryl methyl sites for hydroxylation is 6. The van der Waals surface area contributed by atoms with Crippen molar-refractivity contribution in [2.45, 2.75) is 65.5 Å². The number of fused-ring (bicyclic) bond motifs is 2. The number of hydrogen-bond acceptors (Lipinski definition) is 17. The molecule has 0 bridgehead atoms. The average molecular weight is 961 g/mol. The van der Waals surface area contributed by atoms with E-state index < -0.39 is 35.8 Å². The van der Waals surface area contributed by atoms with E-state index >= 15 is 0 Å². The van der Waals surface area contributed by atoms with E-state index in [2.05, 4.69) is 83.8 Å². The number of hydrogen-bond donors (Lipinski definition) is 8. The Morgan fingerprint density at radius 1 is 0.638 bits per heavy atom. The lowest BCUT2D eigenvalue weighted by molar-refractivity contribution is -0.143. The second-order valence-corrected chi connectivity index (χ2v) is 16.7. The number of esters is 2. The minimum Gasteiger partial charge on any atom is -0.467 e. The zero-order chi connectivity index (χ0) is 49.5. The van der Waals surface area contributed by atoms with Gasteiger partial charge in [0, 0.05) is 37.0 Å². The number of thiophene rings is 1. The molecule has 0 spiro atoms. The maximum Gasteiger partial charge on any atom is 0.330 e. The number of nitrogens with one attached hydrogen (secondary N) is 7. The number of rotatable bonds is 20. The molecular weight excluding hydrogens is 905 g/mol. The largest absolute Gasteiger partial charge is 0.467 e. The summed E-state index contributed by atoms with van der Waals surface area (Å²) in [5.74, 6) is -1.73. The zero-order valence-electron chi connectivity index (χ0n) is 39.2. The Morgan fingerprint density at radius 3 is 1.54 bits per heavy atom. The Labute approximate surface area is 401 Å². The molecule has 5 aromatic heterocycles. The summed E-state index contributed by atoms with van der Waals surface area (Å²) in [7, 11) is 2.46. The fourth-order valence-electron chi connectivity index (χ4n) is 7.54. The number of benzene rings is 2. The van der Waals surface area contributed by atoms with Crippen molar-refractivity contribution in [3.63, 3.8) is 0 Å². The van der Waals surface area contributed by atoms with E-state index in [1.54, 1.807) is 45.2 Å². The van der Waals surface area contributed by atoms with Crippen LogP contribution in [-0.4, -0.2) is 122 Å². The fraction of sp³-hybridized carbons (Fsp3) is 0.340. The highest BCUT2D eigenvalue weighted by Crippen LogP contribution is 2.20. The van der Waals surface area contributed by atoms with Crippen LogP contribution in [0.25, 0.3) is 21.8 Å². The molecule has 0 fully saturated rings. The Bertz CT molecular complexity index is 2850. The SMILES string of the molecule is COC(=O)[C@H](CN)NC(=O)c1c(C)nc(NCCCc2cccc3[nH]ncc23)nc1C.COC(=O)[C@H](CNC(=O)c1cccs1)NC(=O)c1c(C)nc(NCCCc2cccc3[nH]ncc23)nc1C. The molecule has 0 aliphatic rings. The van der Waals surface area contributed by atoms with Crippen molar-refractivity contribution in [3.8, 4) is 0 Å². The standard InChI is InChI=1S/C26H29N7O4S.C21H27N7O3/c1-15-22(24(35)32-20(25(36)37-3)14-28-23(34)21-10-6-12-38-21)16(2)31-26(30-15)27-11-5-8-17-7-4-9-19-18(17)13-29-33-19;1-12-18(19(29)27-17(10-22)20(30)31-3)13(2)26-21(25-12)23-9-5-7-14-6-4-8-16-15(14)11-24-28-16/h4,6-7,9-10,12-13,20H,5,8,11,14H2,1-3H3,(H,28,34)(H,29,33)(H,32,35)(H,27,30,31);4,6,8,11,17H,5,7,9-10,22H2,1-3H3,(H,24,28)(H,27,29)(H,23,25,26)/t20-;17-/m00/s1. The normalized spacial score (nSPS) is 11.8. The highest BCUT2D eigenvalue weighted by molar-refractivity contribution is 7.12. The van der Waals surface area contributed by atoms with Gasteiger partial charge in [0.15, 0.2) is 0 Å². The maximum absolute atomic E-state index is 13.1. The van der Waals surface area contributed by atoms with Crippen molar-refractivity contribution in [1.29, 1.82) is 0 Å². The summed E-state index contributed by atoms with van der Waals surface area (Å²) in [6.07, 6.45) is 7.15. The number of amides is 3. The maximum atomic E-state index is 13.1. The molecule has 0 radical (unpaired) electrons. The second-order valence-electron chi connectivity index (χ2n) is 15.8. The van der Waals surface area contributed by atoms with Crippen molar-refractivity contribution < 1.29 is 33.4 Å². The molecule has 69 heavy (non-hydrogen) atoms. The van der Waals surface area contributed by atoms with Crippen molar-refractivity contribution in [2.24, 2.45) is 5.73 Å². The molecule has 7 aromatic rings. The molecule has 0 saturated heterocycles. The quantitative estimate of drug-likeness (QED) is 0.0395. The summed E-state index contributed by atoms with van der Waals surface area (Å²) in [6.45, 7) is 8.00. The van der Waals surface area contributed by atoms with Gasteiger partial charge in [0.2, 0.25) is 11.9 Å². The monoisotopic (exact) mass is 960 g/mol. The first kappa shape index (κ1) is 50.6. The third kappa shape index (κ3) is 13.2. The molecular formula is C47H56N14O7S. The average Bonchev–Trinajstić information content (AvgIpc) is 4.16. The summed E-state index contributed by atoms with van der Waals surface area (Å²) in [5, 5.41) is 32.5. The lowest BCUT2D eigenvalue weighted by atomic mass is 10.1. The zero-order valence-corrected chi connectivity index (χ0v) is 40.0. The van der Waals surface area contributed by atoms with Crippen molar-refractivity contribution in [2.75, 3.05) is 51.0 Å². The van der Waals surface area contributed by atoms with Crippen molar-refractivity contribution in [1.82, 2.24) is 56.3 Å². The topological polar surface area (TPSA) is 299 Å². The van der Waals surface area contributed by atoms with Gasteiger partial charge in [-0.1, -0.05) is 30.3 Å². The van der Waals surface area contributed by atoms with Gasteiger partial charge in [0.1, 0.15) is 12.1 Å². The second kappa shape index (κ2) is 24.3. The number of nitrogens with two attached hydrogens (primary N) is 1. The van der Waals surface area contributed by atoms with E-state index in [0.717, 1.165) is 47.5 Å². The molecule has 22 heteroatoms. The molecule has 21 nitrogen and oxygen atoms in total. The highest BCUT2D eigenvalue weighted by Gasteiger charge is 2.27. The van der Waals surface area contributed by atoms with Gasteiger partial charge in [-0.05, 0) is 88.1 Å². The Balaban J connectivity index is 0.000000232. The van der Waals surface area contributed by atoms with Crippen LogP contribution in [0.1, 0.15) is 77.1 Å². The number of methoxy groups -OCH3 is 2. The smallest absolute Gasteiger partial charge is 0.330 e. The third-order valence-corrected chi connectivity index (χ3v) is 11.9. The van der Waals surface area contributed by atoms with Crippen LogP contribution in [0.4, 0.5) is 11.9 Å². The molecule has 5 heterocycles. The summed E-state index contributed by atoms with van der Waals surface area (Å²) >= 11 is 1.28. The molecule has 0 unspecified atom stereocenters. The minimum atomic E-state index is -1.08. The predicted octanol–water partition coefficient (Wildman–Crippen LogP) is 4.02. The molecule has 2 aromatic carbocycles. The van der Waals surface area contributed by atoms with Crippen LogP contribution in [0.15, 0.2) is 66.3 Å². The van der Waals surface area contributed by atoms with Crippen LogP contribution >= 0.6 is 11.3 Å². The third-order valence-electron chi connectivity index (χ3n) is 11.0. The van der Waals surface area contributed by atoms with Crippen LogP contribution < -0.4 is 32.3 Å². The van der Waals surface area contributed by atoms with Crippen LogP contribution in [0, 0.1) is 27.7 Å². The Morgan fingerprint density at radius 2 is 1.10 bits per heavy atom. The Kier molecular flexibility index (Phi) is 17.8. The van der Waals surface area contributed by atoms with E-state index in [-0.39, 0.29) is 24.6 Å². The molecule has 0 aliphatic carbocycles. The van der Waals surface area contributed by atoms with Crippen molar-refractivity contribution >= 4 is 74.7 Å². The summed E-state index contributed by atoms with van der Waals surface area (Å²) in [5.41, 5.74) is 12.6. The fourth-order valence-corrected chi connectivity index (χ4v) is 8.18. The van der Waals surface area contributed by atoms with Gasteiger partial charge in [0.05, 0.1) is 76.4 Å². The molecule has 7 rings (SSSR count). The van der Waals surface area contributed by atoms with Gasteiger partial charge in [-0.15, -0.1) is 11.3 Å². The molecule has 0 saturated carbocycles. The van der Waals surface area contributed by atoms with Crippen molar-refractivity contribution in [3.05, 3.63) is 116 Å². The van der Waals surface area contributed by atoms with E-state index in [9.17, 15) is 24.0 Å². The van der Waals surface area contributed by atoms with Gasteiger partial charge in [-0.2, -0.15) is 10.2 Å². The van der Waals surface area contributed by atoms with E-state index in [4.69, 9.17) is 10.5 Å². The molecule has 362 valence electrons. The number of aromatic amines is 2. The van der Waals surface area contributed by atoms with E-state index in [1.807, 2.05) is 36.7 Å². The molecule has 0 aliphatic heterocycles. The van der Waals surface area contributed by atoms with E-state index in [1.165, 1.54) is 36.7 Å². The van der Waals surface area contributed by atoms with Gasteiger partial charge in [-0.25, -0.2) is 29.5 Å². The van der Waals surface area contributed by atoms with Gasteiger partial charge in [-0.3, -0.25) is 24.6 Å². The van der Waals surface area contributed by atoms with Gasteiger partial charge in [0.25, 0.3) is 17.7 Å². The molecule has 9 N–H and O–H groups in total. The number of aromatic nitrogens is 8. The van der Waals surface area contributed by atoms with Gasteiger partial charge < -0.3 is 41.8 Å². The Hall–Kier alpha value is -7.85. The van der Waals surface area contributed by atoms with Crippen LogP contribution in [-0.2, 0) is 31.9 Å². The number of nitrogens with zero attached hydrogens (tertiary/aromatic N) is 6. The lowest BCUT2D eigenvalue weighted by Crippen LogP contribution is -2.49. The predicted molar refractivity (Wildman–Crippen MR) is 261 cm³/mol. The number of carbonyl (C=O) groups excluding carboxylic acids is 5. The summed E-state index contributed by atoms with van der Waals surface area (Å²) in [6, 6.07) is 13.6. The number of anilines is 2. The van der Waals surface area contributed by atoms with Crippen LogP contribution in [0.5, 0.6) is 0 Å². The molecule has 2 atom stereocenters. The number of H-pyrrole nitrogens is 2. The minimum absolute atomic E-state index is 0.0659.